The van der Waals surface area contributed by atoms with Crippen molar-refractivity contribution >= 4 is 0 Å². The van der Waals surface area contributed by atoms with Gasteiger partial charge in [0.05, 0.1) is 20.8 Å². The quantitative estimate of drug-likeness (QED) is 0.549. The summed E-state index contributed by atoms with van der Waals surface area (Å²) < 4.78 is 17.2. The molecule has 3 aromatic rings. The molecule has 0 aliphatic rings. The third kappa shape index (κ3) is 4.32. The highest BCUT2D eigenvalue weighted by molar-refractivity contribution is 5.43. The van der Waals surface area contributed by atoms with Gasteiger partial charge in [0.1, 0.15) is 5.60 Å². The molecular formula is C24H26O3. The third-order valence-corrected chi connectivity index (χ3v) is 4.88. The van der Waals surface area contributed by atoms with Gasteiger partial charge in [0, 0.05) is 0 Å². The molecular weight excluding hydrogens is 336 g/mol. The lowest BCUT2D eigenvalue weighted by atomic mass is 9.88. The normalized spacial score (nSPS) is 11.2. The summed E-state index contributed by atoms with van der Waals surface area (Å²) in [6.07, 6.45) is 0.787. The topological polar surface area (TPSA) is 27.7 Å². The maximum Gasteiger partial charge on any atom is 0.160 e. The molecule has 0 amide bonds. The van der Waals surface area contributed by atoms with Crippen LogP contribution >= 0.6 is 0 Å². The predicted molar refractivity (Wildman–Crippen MR) is 109 cm³/mol. The molecule has 0 bridgehead atoms. The molecule has 140 valence electrons. The second kappa shape index (κ2) is 8.74. The second-order valence-electron chi connectivity index (χ2n) is 6.55. The summed E-state index contributed by atoms with van der Waals surface area (Å²) >= 11 is 0. The van der Waals surface area contributed by atoms with Crippen LogP contribution in [0.2, 0.25) is 0 Å². The van der Waals surface area contributed by atoms with Crippen LogP contribution in [-0.2, 0) is 16.8 Å². The van der Waals surface area contributed by atoms with E-state index >= 15 is 0 Å². The van der Waals surface area contributed by atoms with Crippen molar-refractivity contribution in [3.8, 4) is 11.5 Å². The van der Waals surface area contributed by atoms with Crippen molar-refractivity contribution in [2.45, 2.75) is 18.9 Å². The number of hydrogen-bond acceptors (Lipinski definition) is 3. The Kier molecular flexibility index (Phi) is 6.15. The van der Waals surface area contributed by atoms with Gasteiger partial charge in [-0.1, -0.05) is 66.7 Å². The fourth-order valence-corrected chi connectivity index (χ4v) is 3.25. The highest BCUT2D eigenvalue weighted by Crippen LogP contribution is 2.34. The van der Waals surface area contributed by atoms with Crippen LogP contribution in [0.25, 0.3) is 0 Å². The lowest BCUT2D eigenvalue weighted by Crippen LogP contribution is -2.28. The van der Waals surface area contributed by atoms with Gasteiger partial charge in [0.2, 0.25) is 0 Å². The summed E-state index contributed by atoms with van der Waals surface area (Å²) in [6, 6.07) is 26.7. The Bertz CT molecular complexity index is 805. The van der Waals surface area contributed by atoms with Gasteiger partial charge < -0.3 is 14.2 Å². The molecule has 3 heteroatoms. The molecule has 3 rings (SSSR count). The first-order chi connectivity index (χ1) is 13.2. The standard InChI is InChI=1S/C24H26O3/c1-24(20-10-6-4-7-11-20,21-12-8-5-9-13-21)27-17-16-19-14-15-22(25-2)23(18-19)26-3/h4-15,18H,16-17H2,1-3H3. The number of rotatable bonds is 8. The molecule has 0 aliphatic carbocycles. The Morgan fingerprint density at radius 3 is 1.78 bits per heavy atom. The molecule has 0 atom stereocenters. The van der Waals surface area contributed by atoms with Crippen LogP contribution < -0.4 is 9.47 Å². The van der Waals surface area contributed by atoms with E-state index in [2.05, 4.69) is 31.2 Å². The minimum Gasteiger partial charge on any atom is -0.493 e. The van der Waals surface area contributed by atoms with Crippen molar-refractivity contribution in [1.82, 2.24) is 0 Å². The van der Waals surface area contributed by atoms with Gasteiger partial charge in [-0.15, -0.1) is 0 Å². The Morgan fingerprint density at radius 2 is 1.26 bits per heavy atom. The lowest BCUT2D eigenvalue weighted by Gasteiger charge is -2.31. The summed E-state index contributed by atoms with van der Waals surface area (Å²) in [7, 11) is 3.30. The first-order valence-electron chi connectivity index (χ1n) is 9.13. The first-order valence-corrected chi connectivity index (χ1v) is 9.13. The largest absolute Gasteiger partial charge is 0.493 e. The molecule has 0 fully saturated rings. The number of hydrogen-bond donors (Lipinski definition) is 0. The van der Waals surface area contributed by atoms with Crippen LogP contribution in [-0.4, -0.2) is 20.8 Å². The minimum atomic E-state index is -0.501. The number of methoxy groups -OCH3 is 2. The fourth-order valence-electron chi connectivity index (χ4n) is 3.25. The first kappa shape index (κ1) is 19.0. The zero-order valence-corrected chi connectivity index (χ0v) is 16.1. The van der Waals surface area contributed by atoms with Crippen LogP contribution in [0.5, 0.6) is 11.5 Å². The Morgan fingerprint density at radius 1 is 0.704 bits per heavy atom. The van der Waals surface area contributed by atoms with Gasteiger partial charge >= 0.3 is 0 Å². The van der Waals surface area contributed by atoms with Gasteiger partial charge in [-0.25, -0.2) is 0 Å². The summed E-state index contributed by atoms with van der Waals surface area (Å²) in [5, 5.41) is 0. The zero-order valence-electron chi connectivity index (χ0n) is 16.1. The second-order valence-corrected chi connectivity index (χ2v) is 6.55. The Balaban J connectivity index is 1.78. The van der Waals surface area contributed by atoms with E-state index in [0.717, 1.165) is 34.6 Å². The molecule has 0 saturated carbocycles. The van der Waals surface area contributed by atoms with Crippen molar-refractivity contribution in [3.05, 3.63) is 95.6 Å². The predicted octanol–water partition coefficient (Wildman–Crippen LogP) is 5.23. The van der Waals surface area contributed by atoms with E-state index in [1.165, 1.54) is 0 Å². The van der Waals surface area contributed by atoms with Crippen molar-refractivity contribution in [1.29, 1.82) is 0 Å². The molecule has 3 aromatic carbocycles. The van der Waals surface area contributed by atoms with Crippen LogP contribution in [0, 0.1) is 0 Å². The van der Waals surface area contributed by atoms with Crippen molar-refractivity contribution in [3.63, 3.8) is 0 Å². The molecule has 0 spiro atoms. The van der Waals surface area contributed by atoms with Gasteiger partial charge in [0.25, 0.3) is 0 Å². The smallest absolute Gasteiger partial charge is 0.160 e. The summed E-state index contributed by atoms with van der Waals surface area (Å²) in [5.41, 5.74) is 2.93. The van der Waals surface area contributed by atoms with E-state index in [1.807, 2.05) is 54.6 Å². The SMILES string of the molecule is COc1ccc(CCOC(C)(c2ccccc2)c2ccccc2)cc1OC. The summed E-state index contributed by atoms with van der Waals surface area (Å²) in [5.74, 6) is 1.48. The maximum atomic E-state index is 6.46. The molecule has 0 N–H and O–H groups in total. The highest BCUT2D eigenvalue weighted by atomic mass is 16.5. The molecule has 0 heterocycles. The van der Waals surface area contributed by atoms with Gasteiger partial charge in [0.15, 0.2) is 11.5 Å². The van der Waals surface area contributed by atoms with E-state index < -0.39 is 5.60 Å². The molecule has 27 heavy (non-hydrogen) atoms. The van der Waals surface area contributed by atoms with Gasteiger partial charge in [-0.3, -0.25) is 0 Å². The van der Waals surface area contributed by atoms with E-state index in [1.54, 1.807) is 14.2 Å². The van der Waals surface area contributed by atoms with Crippen LogP contribution in [0.3, 0.4) is 0 Å². The number of ether oxygens (including phenoxy) is 3. The molecule has 0 unspecified atom stereocenters. The summed E-state index contributed by atoms with van der Waals surface area (Å²) in [6.45, 7) is 2.72. The van der Waals surface area contributed by atoms with Gasteiger partial charge in [-0.2, -0.15) is 0 Å². The molecule has 0 aromatic heterocycles. The molecule has 0 saturated heterocycles. The minimum absolute atomic E-state index is 0.501. The highest BCUT2D eigenvalue weighted by Gasteiger charge is 2.29. The van der Waals surface area contributed by atoms with E-state index in [0.29, 0.717) is 6.61 Å². The van der Waals surface area contributed by atoms with Gasteiger partial charge in [-0.05, 0) is 42.2 Å². The monoisotopic (exact) mass is 362 g/mol. The molecule has 0 radical (unpaired) electrons. The maximum absolute atomic E-state index is 6.46. The fraction of sp³-hybridized carbons (Fsp3) is 0.250. The molecule has 3 nitrogen and oxygen atoms in total. The lowest BCUT2D eigenvalue weighted by molar-refractivity contribution is -0.00234. The van der Waals surface area contributed by atoms with Crippen molar-refractivity contribution < 1.29 is 14.2 Å². The third-order valence-electron chi connectivity index (χ3n) is 4.88. The van der Waals surface area contributed by atoms with Crippen LogP contribution in [0.4, 0.5) is 0 Å². The van der Waals surface area contributed by atoms with E-state index in [9.17, 15) is 0 Å². The summed E-state index contributed by atoms with van der Waals surface area (Å²) in [4.78, 5) is 0. The van der Waals surface area contributed by atoms with E-state index in [-0.39, 0.29) is 0 Å². The zero-order chi connectivity index (χ0) is 19.1. The average Bonchev–Trinajstić information content (AvgIpc) is 2.74. The van der Waals surface area contributed by atoms with Crippen LogP contribution in [0.1, 0.15) is 23.6 Å². The Hall–Kier alpha value is -2.78. The average molecular weight is 362 g/mol. The van der Waals surface area contributed by atoms with Crippen molar-refractivity contribution in [2.75, 3.05) is 20.8 Å². The van der Waals surface area contributed by atoms with E-state index in [4.69, 9.17) is 14.2 Å². The molecule has 0 aliphatic heterocycles. The van der Waals surface area contributed by atoms with Crippen LogP contribution in [0.15, 0.2) is 78.9 Å². The van der Waals surface area contributed by atoms with Crippen molar-refractivity contribution in [2.24, 2.45) is 0 Å². The Labute approximate surface area is 161 Å². The number of benzene rings is 3.